The predicted molar refractivity (Wildman–Crippen MR) is 90.2 cm³/mol. The molecule has 6 nitrogen and oxygen atoms in total. The van der Waals surface area contributed by atoms with Gasteiger partial charge in [-0.15, -0.1) is 4.83 Å². The molecule has 27 heavy (non-hydrogen) atoms. The number of fused-ring (bicyclic) bond motifs is 1. The van der Waals surface area contributed by atoms with Gasteiger partial charge in [-0.2, -0.15) is 13.2 Å². The van der Waals surface area contributed by atoms with Crippen LogP contribution in [0, 0.1) is 6.92 Å². The van der Waals surface area contributed by atoms with E-state index in [0.29, 0.717) is 17.0 Å². The number of amides is 1. The van der Waals surface area contributed by atoms with Gasteiger partial charge < -0.3 is 4.42 Å². The highest BCUT2D eigenvalue weighted by molar-refractivity contribution is 7.89. The molecule has 1 aromatic heterocycles. The minimum Gasteiger partial charge on any atom is -0.451 e. The average molecular weight is 398 g/mol. The van der Waals surface area contributed by atoms with Crippen molar-refractivity contribution in [3.63, 3.8) is 0 Å². The summed E-state index contributed by atoms with van der Waals surface area (Å²) >= 11 is 0. The Kier molecular flexibility index (Phi) is 4.70. The van der Waals surface area contributed by atoms with Crippen molar-refractivity contribution in [2.45, 2.75) is 18.0 Å². The lowest BCUT2D eigenvalue weighted by molar-refractivity contribution is -0.139. The second-order valence-corrected chi connectivity index (χ2v) is 7.36. The Balaban J connectivity index is 1.82. The number of aryl methyl sites for hydroxylation is 1. The molecule has 142 valence electrons. The molecule has 0 aliphatic heterocycles. The first kappa shape index (κ1) is 18.9. The van der Waals surface area contributed by atoms with Gasteiger partial charge in [-0.1, -0.05) is 23.8 Å². The minimum absolute atomic E-state index is 0.192. The van der Waals surface area contributed by atoms with E-state index in [9.17, 15) is 26.4 Å². The molecule has 0 unspecified atom stereocenters. The second-order valence-electron chi connectivity index (χ2n) is 5.71. The number of alkyl halides is 3. The molecule has 0 aliphatic carbocycles. The molecule has 1 heterocycles. The molecule has 3 rings (SSSR count). The molecule has 1 amide bonds. The first-order valence-corrected chi connectivity index (χ1v) is 9.05. The number of hydrogen-bond acceptors (Lipinski definition) is 4. The maximum Gasteiger partial charge on any atom is 0.417 e. The summed E-state index contributed by atoms with van der Waals surface area (Å²) in [6, 6.07) is 10.2. The lowest BCUT2D eigenvalue weighted by Gasteiger charge is -2.13. The fourth-order valence-electron chi connectivity index (χ4n) is 2.44. The fraction of sp³-hybridized carbons (Fsp3) is 0.118. The molecule has 2 N–H and O–H groups in total. The Morgan fingerprint density at radius 2 is 1.78 bits per heavy atom. The third-order valence-corrected chi connectivity index (χ3v) is 4.98. The monoisotopic (exact) mass is 398 g/mol. The minimum atomic E-state index is -4.87. The van der Waals surface area contributed by atoms with E-state index in [0.717, 1.165) is 23.8 Å². The topological polar surface area (TPSA) is 88.4 Å². The van der Waals surface area contributed by atoms with Gasteiger partial charge in [0.05, 0.1) is 10.5 Å². The molecule has 0 saturated carbocycles. The zero-order valence-corrected chi connectivity index (χ0v) is 14.6. The summed E-state index contributed by atoms with van der Waals surface area (Å²) in [6.45, 7) is 1.85. The van der Waals surface area contributed by atoms with Crippen LogP contribution in [0.4, 0.5) is 13.2 Å². The summed E-state index contributed by atoms with van der Waals surface area (Å²) < 4.78 is 68.7. The van der Waals surface area contributed by atoms with Gasteiger partial charge in [0.25, 0.3) is 10.0 Å². The van der Waals surface area contributed by atoms with Gasteiger partial charge in [0, 0.05) is 5.39 Å². The normalized spacial score (nSPS) is 12.3. The highest BCUT2D eigenvalue weighted by Crippen LogP contribution is 2.33. The SMILES string of the molecule is Cc1ccc2oc(C(=O)NNS(=O)(=O)c3ccccc3C(F)(F)F)cc2c1. The number of sulfonamides is 1. The first-order valence-electron chi connectivity index (χ1n) is 7.56. The van der Waals surface area contributed by atoms with Crippen LogP contribution in [0.25, 0.3) is 11.0 Å². The van der Waals surface area contributed by atoms with Crippen LogP contribution in [0.15, 0.2) is 57.8 Å². The quantitative estimate of drug-likeness (QED) is 0.660. The number of halogens is 3. The number of carbonyl (C=O) groups excluding carboxylic acids is 1. The third-order valence-electron chi connectivity index (χ3n) is 3.68. The van der Waals surface area contributed by atoms with E-state index in [1.165, 1.54) is 6.07 Å². The molecule has 0 bridgehead atoms. The Morgan fingerprint density at radius 1 is 1.07 bits per heavy atom. The van der Waals surface area contributed by atoms with Crippen molar-refractivity contribution in [3.05, 3.63) is 65.4 Å². The van der Waals surface area contributed by atoms with Gasteiger partial charge in [-0.25, -0.2) is 8.42 Å². The van der Waals surface area contributed by atoms with Crippen molar-refractivity contribution < 1.29 is 30.8 Å². The molecule has 0 radical (unpaired) electrons. The maximum atomic E-state index is 13.0. The van der Waals surface area contributed by atoms with Crippen molar-refractivity contribution in [2.24, 2.45) is 0 Å². The summed E-state index contributed by atoms with van der Waals surface area (Å²) in [5, 5.41) is 0.630. The molecule has 2 aromatic carbocycles. The van der Waals surface area contributed by atoms with Crippen molar-refractivity contribution >= 4 is 26.9 Å². The van der Waals surface area contributed by atoms with Gasteiger partial charge in [0.1, 0.15) is 5.58 Å². The lowest BCUT2D eigenvalue weighted by atomic mass is 10.2. The van der Waals surface area contributed by atoms with Gasteiger partial charge in [0.2, 0.25) is 0 Å². The van der Waals surface area contributed by atoms with E-state index in [1.807, 2.05) is 12.3 Å². The van der Waals surface area contributed by atoms with Gasteiger partial charge >= 0.3 is 12.1 Å². The van der Waals surface area contributed by atoms with Crippen LogP contribution >= 0.6 is 0 Å². The largest absolute Gasteiger partial charge is 0.451 e. The maximum absolute atomic E-state index is 13.0. The highest BCUT2D eigenvalue weighted by Gasteiger charge is 2.37. The summed E-state index contributed by atoms with van der Waals surface area (Å²) in [5.74, 6) is -1.14. The number of carbonyl (C=O) groups is 1. The lowest BCUT2D eigenvalue weighted by Crippen LogP contribution is -2.42. The molecular formula is C17H13F3N2O4S. The Hall–Kier alpha value is -2.85. The molecule has 0 spiro atoms. The van der Waals surface area contributed by atoms with Crippen LogP contribution in [0.5, 0.6) is 0 Å². The van der Waals surface area contributed by atoms with Gasteiger partial charge in [-0.3, -0.25) is 10.2 Å². The van der Waals surface area contributed by atoms with E-state index in [1.54, 1.807) is 23.0 Å². The van der Waals surface area contributed by atoms with Crippen molar-refractivity contribution in [1.82, 2.24) is 10.3 Å². The molecule has 0 fully saturated rings. The fourth-order valence-corrected chi connectivity index (χ4v) is 3.51. The highest BCUT2D eigenvalue weighted by atomic mass is 32.2. The van der Waals surface area contributed by atoms with Crippen LogP contribution in [-0.4, -0.2) is 14.3 Å². The number of hydrogen-bond donors (Lipinski definition) is 2. The molecule has 0 atom stereocenters. The number of benzene rings is 2. The average Bonchev–Trinajstić information content (AvgIpc) is 3.02. The van der Waals surface area contributed by atoms with Crippen LogP contribution in [0.1, 0.15) is 21.7 Å². The number of nitrogens with one attached hydrogen (secondary N) is 2. The Bertz CT molecular complexity index is 1120. The van der Waals surface area contributed by atoms with Gasteiger partial charge in [-0.05, 0) is 37.3 Å². The summed E-state index contributed by atoms with van der Waals surface area (Å²) in [5.41, 5.74) is 1.86. The van der Waals surface area contributed by atoms with Crippen molar-refractivity contribution in [2.75, 3.05) is 0 Å². The summed E-state index contributed by atoms with van der Waals surface area (Å²) in [4.78, 5) is 12.8. The molecule has 10 heteroatoms. The van der Waals surface area contributed by atoms with E-state index < -0.39 is 32.6 Å². The van der Waals surface area contributed by atoms with Crippen LogP contribution < -0.4 is 10.3 Å². The number of furan rings is 1. The van der Waals surface area contributed by atoms with E-state index in [2.05, 4.69) is 0 Å². The van der Waals surface area contributed by atoms with Crippen LogP contribution in [0.3, 0.4) is 0 Å². The molecule has 3 aromatic rings. The second kappa shape index (κ2) is 6.71. The van der Waals surface area contributed by atoms with E-state index in [4.69, 9.17) is 4.42 Å². The number of hydrazine groups is 1. The van der Waals surface area contributed by atoms with Crippen LogP contribution in [-0.2, 0) is 16.2 Å². The van der Waals surface area contributed by atoms with E-state index in [-0.39, 0.29) is 5.76 Å². The zero-order valence-electron chi connectivity index (χ0n) is 13.8. The Morgan fingerprint density at radius 3 is 2.48 bits per heavy atom. The summed E-state index contributed by atoms with van der Waals surface area (Å²) in [6.07, 6.45) is -4.87. The Labute approximate surface area is 152 Å². The first-order chi connectivity index (χ1) is 12.6. The van der Waals surface area contributed by atoms with Crippen LogP contribution in [0.2, 0.25) is 0 Å². The third kappa shape index (κ3) is 3.96. The standard InChI is InChI=1S/C17H13F3N2O4S/c1-10-6-7-13-11(8-10)9-14(26-13)16(23)21-22-27(24,25)15-5-3-2-4-12(15)17(18,19)20/h2-9,22H,1H3,(H,21,23). The summed E-state index contributed by atoms with van der Waals surface area (Å²) in [7, 11) is -4.66. The number of rotatable bonds is 4. The predicted octanol–water partition coefficient (Wildman–Crippen LogP) is 3.38. The van der Waals surface area contributed by atoms with Crippen molar-refractivity contribution in [3.8, 4) is 0 Å². The van der Waals surface area contributed by atoms with Crippen molar-refractivity contribution in [1.29, 1.82) is 0 Å². The molecule has 0 aliphatic rings. The zero-order chi connectivity index (χ0) is 19.8. The molecule has 0 saturated heterocycles. The smallest absolute Gasteiger partial charge is 0.417 e. The van der Waals surface area contributed by atoms with E-state index >= 15 is 0 Å². The molecular weight excluding hydrogens is 385 g/mol. The van der Waals surface area contributed by atoms with Gasteiger partial charge in [0.15, 0.2) is 5.76 Å².